The number of nitrogens with one attached hydrogen (secondary N) is 2. The Bertz CT molecular complexity index is 942. The first-order valence-corrected chi connectivity index (χ1v) is 10.9. The summed E-state index contributed by atoms with van der Waals surface area (Å²) in [6.07, 6.45) is 0.917. The van der Waals surface area contributed by atoms with Gasteiger partial charge in [-0.15, -0.1) is 0 Å². The number of fused-ring (bicyclic) bond motifs is 1. The Hall–Kier alpha value is -3.15. The van der Waals surface area contributed by atoms with Crippen LogP contribution in [0.15, 0.2) is 59.6 Å². The molecule has 0 fully saturated rings. The van der Waals surface area contributed by atoms with E-state index in [0.29, 0.717) is 18.9 Å². The Morgan fingerprint density at radius 1 is 1.10 bits per heavy atom. The maximum Gasteiger partial charge on any atom is 0.243 e. The van der Waals surface area contributed by atoms with Crippen molar-refractivity contribution in [3.63, 3.8) is 0 Å². The molecule has 2 aromatic carbocycles. The van der Waals surface area contributed by atoms with Gasteiger partial charge in [-0.05, 0) is 18.9 Å². The molecule has 6 nitrogen and oxygen atoms in total. The highest BCUT2D eigenvalue weighted by Gasteiger charge is 2.25. The average molecular weight is 421 g/mol. The average Bonchev–Trinajstić information content (AvgIpc) is 2.90. The topological polar surface area (TPSA) is 73.8 Å². The highest BCUT2D eigenvalue weighted by molar-refractivity contribution is 6.16. The second-order valence-electron chi connectivity index (χ2n) is 8.27. The molecule has 0 aliphatic carbocycles. The molecule has 3 rings (SSSR count). The van der Waals surface area contributed by atoms with Crippen LogP contribution < -0.4 is 15.5 Å². The fourth-order valence-corrected chi connectivity index (χ4v) is 3.65. The number of hydrogen-bond donors (Lipinski definition) is 2. The van der Waals surface area contributed by atoms with E-state index in [9.17, 15) is 9.59 Å². The summed E-state index contributed by atoms with van der Waals surface area (Å²) in [7, 11) is 2.00. The van der Waals surface area contributed by atoms with Gasteiger partial charge in [0.05, 0.1) is 12.3 Å². The van der Waals surface area contributed by atoms with Gasteiger partial charge < -0.3 is 15.5 Å². The van der Waals surface area contributed by atoms with Crippen LogP contribution in [0.2, 0.25) is 0 Å². The van der Waals surface area contributed by atoms with Gasteiger partial charge >= 0.3 is 0 Å². The molecule has 164 valence electrons. The Morgan fingerprint density at radius 3 is 2.48 bits per heavy atom. The molecule has 31 heavy (non-hydrogen) atoms. The second kappa shape index (κ2) is 10.2. The van der Waals surface area contributed by atoms with E-state index in [1.54, 1.807) is 6.92 Å². The third-order valence-electron chi connectivity index (χ3n) is 5.66. The lowest BCUT2D eigenvalue weighted by molar-refractivity contribution is -0.129. The number of aliphatic imine (C=N–C) groups is 1. The Kier molecular flexibility index (Phi) is 7.45. The summed E-state index contributed by atoms with van der Waals surface area (Å²) in [4.78, 5) is 32.0. The number of carbonyl (C=O) groups excluding carboxylic acids is 2. The number of benzene rings is 2. The first-order chi connectivity index (χ1) is 14.9. The van der Waals surface area contributed by atoms with Gasteiger partial charge in [-0.1, -0.05) is 68.8 Å². The quantitative estimate of drug-likeness (QED) is 0.721. The van der Waals surface area contributed by atoms with Crippen molar-refractivity contribution >= 4 is 23.2 Å². The molecule has 2 aromatic rings. The summed E-state index contributed by atoms with van der Waals surface area (Å²) in [5.41, 5.74) is 3.94. The molecule has 0 saturated heterocycles. The van der Waals surface area contributed by atoms with Gasteiger partial charge in [0.25, 0.3) is 0 Å². The van der Waals surface area contributed by atoms with E-state index in [-0.39, 0.29) is 11.8 Å². The fraction of sp³-hybridized carbons (Fsp3) is 0.400. The molecule has 2 amide bonds. The van der Waals surface area contributed by atoms with Gasteiger partial charge in [0.2, 0.25) is 11.8 Å². The van der Waals surface area contributed by atoms with Gasteiger partial charge in [0.15, 0.2) is 0 Å². The van der Waals surface area contributed by atoms with Crippen molar-refractivity contribution in [2.75, 3.05) is 18.5 Å². The van der Waals surface area contributed by atoms with Gasteiger partial charge in [-0.2, -0.15) is 0 Å². The molecule has 1 aliphatic heterocycles. The minimum absolute atomic E-state index is 0.101. The summed E-state index contributed by atoms with van der Waals surface area (Å²) >= 11 is 0. The zero-order valence-corrected chi connectivity index (χ0v) is 18.8. The number of anilines is 1. The zero-order valence-electron chi connectivity index (χ0n) is 18.8. The van der Waals surface area contributed by atoms with Crippen molar-refractivity contribution in [2.45, 2.75) is 45.8 Å². The highest BCUT2D eigenvalue weighted by atomic mass is 16.2. The van der Waals surface area contributed by atoms with Crippen molar-refractivity contribution in [3.05, 3.63) is 65.7 Å². The van der Waals surface area contributed by atoms with Gasteiger partial charge in [-0.3, -0.25) is 14.6 Å². The molecule has 0 radical (unpaired) electrons. The number of para-hydroxylation sites is 1. The Morgan fingerprint density at radius 2 is 1.77 bits per heavy atom. The van der Waals surface area contributed by atoms with E-state index in [4.69, 9.17) is 4.99 Å². The second-order valence-corrected chi connectivity index (χ2v) is 8.27. The Balaban J connectivity index is 1.80. The van der Waals surface area contributed by atoms with E-state index in [1.165, 1.54) is 0 Å². The zero-order chi connectivity index (χ0) is 22.4. The molecule has 1 heterocycles. The van der Waals surface area contributed by atoms with Gasteiger partial charge in [-0.25, -0.2) is 0 Å². The number of benzodiazepines with no additional fused rings is 1. The smallest absolute Gasteiger partial charge is 0.243 e. The normalized spacial score (nSPS) is 17.6. The maximum absolute atomic E-state index is 12.8. The first-order valence-electron chi connectivity index (χ1n) is 10.9. The van der Waals surface area contributed by atoms with Crippen LogP contribution in [0.3, 0.4) is 0 Å². The van der Waals surface area contributed by atoms with E-state index >= 15 is 0 Å². The molecular formula is C25H32N4O2. The standard InChI is InChI=1S/C25H32N4O2/c1-5-17(2)15-23(30)26-18(3)25(31)28-22-16-29(4)21-14-10-9-13-20(21)24(27-22)19-11-7-6-8-12-19/h6-14,17-18,22H,5,15-16H2,1-4H3,(H,26,30)(H,28,31)/t17?,18-,22+/m0/s1. The lowest BCUT2D eigenvalue weighted by atomic mass is 10.0. The number of likely N-dealkylation sites (N-methyl/N-ethyl adjacent to an activating group) is 1. The molecule has 6 heteroatoms. The van der Waals surface area contributed by atoms with Crippen LogP contribution in [-0.2, 0) is 9.59 Å². The third kappa shape index (κ3) is 5.72. The lowest BCUT2D eigenvalue weighted by Gasteiger charge is -2.24. The summed E-state index contributed by atoms with van der Waals surface area (Å²) in [5.74, 6) is -0.0452. The number of amides is 2. The van der Waals surface area contributed by atoms with Crippen LogP contribution in [0.5, 0.6) is 0 Å². The molecule has 2 N–H and O–H groups in total. The molecule has 1 unspecified atom stereocenters. The van der Waals surface area contributed by atoms with Crippen molar-refractivity contribution in [1.82, 2.24) is 10.6 Å². The maximum atomic E-state index is 12.8. The predicted octanol–water partition coefficient (Wildman–Crippen LogP) is 3.36. The molecule has 0 spiro atoms. The molecule has 0 saturated carbocycles. The number of hydrogen-bond acceptors (Lipinski definition) is 4. The van der Waals surface area contributed by atoms with Gasteiger partial charge in [0.1, 0.15) is 12.2 Å². The van der Waals surface area contributed by atoms with Crippen LogP contribution >= 0.6 is 0 Å². The molecule has 1 aliphatic rings. The molecule has 0 aromatic heterocycles. The van der Waals surface area contributed by atoms with Gasteiger partial charge in [0, 0.05) is 30.3 Å². The van der Waals surface area contributed by atoms with Crippen molar-refractivity contribution < 1.29 is 9.59 Å². The SMILES string of the molecule is CCC(C)CC(=O)N[C@@H](C)C(=O)N[C@@H]1CN(C)c2ccccc2C(c2ccccc2)=N1. The molecular weight excluding hydrogens is 388 g/mol. The van der Waals surface area contributed by atoms with Crippen LogP contribution in [0.25, 0.3) is 0 Å². The van der Waals surface area contributed by atoms with Crippen molar-refractivity contribution in [2.24, 2.45) is 10.9 Å². The lowest BCUT2D eigenvalue weighted by Crippen LogP contribution is -2.50. The number of carbonyl (C=O) groups is 2. The van der Waals surface area contributed by atoms with E-state index < -0.39 is 12.2 Å². The summed E-state index contributed by atoms with van der Waals surface area (Å²) < 4.78 is 0. The van der Waals surface area contributed by atoms with Crippen molar-refractivity contribution in [3.8, 4) is 0 Å². The van der Waals surface area contributed by atoms with Crippen LogP contribution in [0, 0.1) is 5.92 Å². The van der Waals surface area contributed by atoms with E-state index in [0.717, 1.165) is 28.9 Å². The monoisotopic (exact) mass is 420 g/mol. The third-order valence-corrected chi connectivity index (χ3v) is 5.66. The minimum Gasteiger partial charge on any atom is -0.370 e. The summed E-state index contributed by atoms with van der Waals surface area (Å²) in [6.45, 7) is 6.33. The number of rotatable bonds is 7. The summed E-state index contributed by atoms with van der Waals surface area (Å²) in [5, 5.41) is 5.82. The largest absolute Gasteiger partial charge is 0.370 e. The number of nitrogens with zero attached hydrogens (tertiary/aromatic N) is 2. The summed E-state index contributed by atoms with van der Waals surface area (Å²) in [6, 6.07) is 17.5. The van der Waals surface area contributed by atoms with Crippen molar-refractivity contribution in [1.29, 1.82) is 0 Å². The Labute approximate surface area is 184 Å². The first kappa shape index (κ1) is 22.5. The van der Waals surface area contributed by atoms with Crippen LogP contribution in [0.4, 0.5) is 5.69 Å². The van der Waals surface area contributed by atoms with Crippen LogP contribution in [-0.4, -0.2) is 43.3 Å². The van der Waals surface area contributed by atoms with Crippen LogP contribution in [0.1, 0.15) is 44.7 Å². The van der Waals surface area contributed by atoms with E-state index in [2.05, 4.69) is 34.6 Å². The highest BCUT2D eigenvalue weighted by Crippen LogP contribution is 2.26. The fourth-order valence-electron chi connectivity index (χ4n) is 3.65. The van der Waals surface area contributed by atoms with E-state index in [1.807, 2.05) is 56.4 Å². The minimum atomic E-state index is -0.622. The molecule has 0 bridgehead atoms. The predicted molar refractivity (Wildman–Crippen MR) is 125 cm³/mol. The molecule has 3 atom stereocenters.